The molecule has 1 atom stereocenters. The molecule has 0 aliphatic heterocycles. The monoisotopic (exact) mass is 480 g/mol. The highest BCUT2D eigenvalue weighted by Crippen LogP contribution is 2.44. The lowest BCUT2D eigenvalue weighted by Crippen LogP contribution is -2.38. The van der Waals surface area contributed by atoms with Crippen molar-refractivity contribution in [3.8, 4) is 11.1 Å². The first-order valence-corrected chi connectivity index (χ1v) is 10.8. The number of nitrogens with zero attached hydrogens (tertiary/aromatic N) is 2. The van der Waals surface area contributed by atoms with Gasteiger partial charge in [-0.15, -0.1) is 0 Å². The Kier molecular flexibility index (Phi) is 7.38. The Balaban J connectivity index is 1.28. The van der Waals surface area contributed by atoms with E-state index < -0.39 is 24.1 Å². The number of carbonyl (C=O) groups excluding carboxylic acids is 2. The molecule has 3 N–H and O–H groups in total. The first-order chi connectivity index (χ1) is 17.0. The van der Waals surface area contributed by atoms with Crippen molar-refractivity contribution < 1.29 is 33.8 Å². The highest BCUT2D eigenvalue weighted by molar-refractivity contribution is 5.85. The Morgan fingerprint density at radius 1 is 1.09 bits per heavy atom. The number of methoxy groups -OCH3 is 1. The zero-order valence-corrected chi connectivity index (χ0v) is 18.8. The molecule has 2 amide bonds. The van der Waals surface area contributed by atoms with Crippen molar-refractivity contribution in [1.29, 1.82) is 0 Å². The Hall–Kier alpha value is -4.22. The van der Waals surface area contributed by atoms with Gasteiger partial charge in [0.05, 0.1) is 18.5 Å². The number of rotatable bonds is 10. The molecule has 0 radical (unpaired) electrons. The predicted molar refractivity (Wildman–Crippen MR) is 123 cm³/mol. The fourth-order valence-corrected chi connectivity index (χ4v) is 3.89. The van der Waals surface area contributed by atoms with E-state index in [0.717, 1.165) is 22.3 Å². The first kappa shape index (κ1) is 23.9. The summed E-state index contributed by atoms with van der Waals surface area (Å²) in [7, 11) is 1.32. The van der Waals surface area contributed by atoms with Gasteiger partial charge in [-0.25, -0.2) is 15.1 Å². The van der Waals surface area contributed by atoms with Gasteiger partial charge in [0.1, 0.15) is 13.2 Å². The largest absolute Gasteiger partial charge is 0.479 e. The maximum atomic E-state index is 12.4. The molecule has 182 valence electrons. The van der Waals surface area contributed by atoms with Crippen LogP contribution in [-0.2, 0) is 30.4 Å². The molecule has 0 saturated carbocycles. The number of carbonyl (C=O) groups is 3. The van der Waals surface area contributed by atoms with Crippen LogP contribution in [0.2, 0.25) is 0 Å². The van der Waals surface area contributed by atoms with Crippen LogP contribution in [0.1, 0.15) is 17.0 Å². The van der Waals surface area contributed by atoms with Crippen LogP contribution in [0.4, 0.5) is 10.5 Å². The molecule has 0 bridgehead atoms. The van der Waals surface area contributed by atoms with E-state index in [1.807, 2.05) is 41.9 Å². The molecular weight excluding hydrogens is 456 g/mol. The van der Waals surface area contributed by atoms with Gasteiger partial charge in [0.2, 0.25) is 6.10 Å². The minimum Gasteiger partial charge on any atom is -0.479 e. The maximum absolute atomic E-state index is 12.4. The molecule has 0 fully saturated rings. The number of benzene rings is 2. The number of aliphatic carboxylic acids is 1. The molecule has 1 heterocycles. The van der Waals surface area contributed by atoms with E-state index >= 15 is 0 Å². The van der Waals surface area contributed by atoms with E-state index in [2.05, 4.69) is 22.5 Å². The summed E-state index contributed by atoms with van der Waals surface area (Å²) in [6, 6.07) is 16.1. The van der Waals surface area contributed by atoms with Gasteiger partial charge >= 0.3 is 12.1 Å². The van der Waals surface area contributed by atoms with Crippen molar-refractivity contribution in [2.75, 3.05) is 25.6 Å². The van der Waals surface area contributed by atoms with Crippen molar-refractivity contribution in [2.24, 2.45) is 0 Å². The minimum absolute atomic E-state index is 0.0627. The molecular formula is C24H24N4O7. The molecule has 4 rings (SSSR count). The average molecular weight is 480 g/mol. The van der Waals surface area contributed by atoms with E-state index in [0.29, 0.717) is 5.69 Å². The SMILES string of the molecule is COCC(ONC(=O)Cn1cc(NC(=O)OCC2c3ccccc3-c3ccccc32)cn1)C(=O)O. The molecule has 35 heavy (non-hydrogen) atoms. The number of carboxylic acids is 1. The van der Waals surface area contributed by atoms with E-state index in [9.17, 15) is 14.4 Å². The summed E-state index contributed by atoms with van der Waals surface area (Å²) < 4.78 is 11.5. The van der Waals surface area contributed by atoms with Crippen molar-refractivity contribution in [2.45, 2.75) is 18.6 Å². The summed E-state index contributed by atoms with van der Waals surface area (Å²) in [5, 5.41) is 15.6. The van der Waals surface area contributed by atoms with Crippen LogP contribution in [-0.4, -0.2) is 59.3 Å². The molecule has 11 nitrogen and oxygen atoms in total. The third-order valence-electron chi connectivity index (χ3n) is 5.44. The second kappa shape index (κ2) is 10.8. The van der Waals surface area contributed by atoms with Crippen molar-refractivity contribution in [3.63, 3.8) is 0 Å². The molecule has 1 aromatic heterocycles. The number of hydrogen-bond acceptors (Lipinski definition) is 7. The number of carboxylic acid groups (broad SMARTS) is 1. The lowest BCUT2D eigenvalue weighted by atomic mass is 9.98. The molecule has 1 aliphatic rings. The molecule has 11 heteroatoms. The summed E-state index contributed by atoms with van der Waals surface area (Å²) >= 11 is 0. The first-order valence-electron chi connectivity index (χ1n) is 10.8. The molecule has 1 unspecified atom stereocenters. The topological polar surface area (TPSA) is 141 Å². The van der Waals surface area contributed by atoms with Gasteiger partial charge in [0.25, 0.3) is 5.91 Å². The number of aromatic nitrogens is 2. The van der Waals surface area contributed by atoms with Crippen molar-refractivity contribution in [3.05, 3.63) is 72.1 Å². The Morgan fingerprint density at radius 3 is 2.37 bits per heavy atom. The quantitative estimate of drug-likeness (QED) is 0.376. The summed E-state index contributed by atoms with van der Waals surface area (Å²) in [6.07, 6.45) is 0.807. The van der Waals surface area contributed by atoms with Crippen LogP contribution >= 0.6 is 0 Å². The van der Waals surface area contributed by atoms with E-state index in [1.165, 1.54) is 24.2 Å². The van der Waals surface area contributed by atoms with Gasteiger partial charge in [-0.05, 0) is 22.3 Å². The molecule has 1 aliphatic carbocycles. The number of ether oxygens (including phenoxy) is 2. The number of hydroxylamine groups is 1. The van der Waals surface area contributed by atoms with Gasteiger partial charge in [-0.2, -0.15) is 5.10 Å². The zero-order valence-electron chi connectivity index (χ0n) is 18.8. The number of hydrogen-bond donors (Lipinski definition) is 3. The van der Waals surface area contributed by atoms with E-state index in [4.69, 9.17) is 19.4 Å². The molecule has 2 aromatic carbocycles. The molecule has 3 aromatic rings. The standard InChI is InChI=1S/C24H24N4O7/c1-33-14-21(23(30)31)35-27-22(29)12-28-11-15(10-25-28)26-24(32)34-13-20-18-8-4-2-6-16(18)17-7-3-5-9-19(17)20/h2-11,20-21H,12-14H2,1H3,(H,26,32)(H,27,29)(H,30,31). The van der Waals surface area contributed by atoms with Crippen molar-refractivity contribution in [1.82, 2.24) is 15.3 Å². The second-order valence-electron chi connectivity index (χ2n) is 7.80. The average Bonchev–Trinajstić information content (AvgIpc) is 3.42. The normalized spacial score (nSPS) is 12.9. The summed E-state index contributed by atoms with van der Waals surface area (Å²) in [5.41, 5.74) is 6.87. The zero-order chi connectivity index (χ0) is 24.8. The summed E-state index contributed by atoms with van der Waals surface area (Å²) in [4.78, 5) is 40.2. The lowest BCUT2D eigenvalue weighted by Gasteiger charge is -2.14. The van der Waals surface area contributed by atoms with Gasteiger partial charge in [-0.3, -0.25) is 19.6 Å². The van der Waals surface area contributed by atoms with Crippen LogP contribution in [0.5, 0.6) is 0 Å². The van der Waals surface area contributed by atoms with Crippen molar-refractivity contribution >= 4 is 23.7 Å². The number of amides is 2. The van der Waals surface area contributed by atoms with Crippen LogP contribution in [0.15, 0.2) is 60.9 Å². The third kappa shape index (κ3) is 5.65. The highest BCUT2D eigenvalue weighted by atomic mass is 16.7. The van der Waals surface area contributed by atoms with Crippen LogP contribution in [0.25, 0.3) is 11.1 Å². The number of anilines is 1. The van der Waals surface area contributed by atoms with Gasteiger partial charge in [0, 0.05) is 19.2 Å². The summed E-state index contributed by atoms with van der Waals surface area (Å²) in [5.74, 6) is -1.98. The highest BCUT2D eigenvalue weighted by Gasteiger charge is 2.29. The van der Waals surface area contributed by atoms with Crippen LogP contribution < -0.4 is 10.8 Å². The Bertz CT molecular complexity index is 1180. The maximum Gasteiger partial charge on any atom is 0.411 e. The number of fused-ring (bicyclic) bond motifs is 3. The molecule has 0 spiro atoms. The van der Waals surface area contributed by atoms with E-state index in [-0.39, 0.29) is 25.7 Å². The fraction of sp³-hybridized carbons (Fsp3) is 0.250. The predicted octanol–water partition coefficient (Wildman–Crippen LogP) is 2.39. The lowest BCUT2D eigenvalue weighted by molar-refractivity contribution is -0.165. The summed E-state index contributed by atoms with van der Waals surface area (Å²) in [6.45, 7) is -0.322. The van der Waals surface area contributed by atoms with Crippen LogP contribution in [0, 0.1) is 0 Å². The second-order valence-corrected chi connectivity index (χ2v) is 7.80. The fourth-order valence-electron chi connectivity index (χ4n) is 3.89. The van der Waals surface area contributed by atoms with Crippen LogP contribution in [0.3, 0.4) is 0 Å². The number of nitrogens with one attached hydrogen (secondary N) is 2. The Morgan fingerprint density at radius 2 is 1.74 bits per heavy atom. The molecule has 0 saturated heterocycles. The third-order valence-corrected chi connectivity index (χ3v) is 5.44. The van der Waals surface area contributed by atoms with Gasteiger partial charge in [-0.1, -0.05) is 48.5 Å². The Labute approximate surface area is 200 Å². The minimum atomic E-state index is -1.34. The van der Waals surface area contributed by atoms with Gasteiger partial charge < -0.3 is 14.6 Å². The van der Waals surface area contributed by atoms with E-state index in [1.54, 1.807) is 0 Å². The smallest absolute Gasteiger partial charge is 0.411 e. The van der Waals surface area contributed by atoms with Gasteiger partial charge in [0.15, 0.2) is 0 Å².